The van der Waals surface area contributed by atoms with E-state index in [1.54, 1.807) is 0 Å². The summed E-state index contributed by atoms with van der Waals surface area (Å²) in [5.74, 6) is 2.35. The van der Waals surface area contributed by atoms with Gasteiger partial charge < -0.3 is 10.6 Å². The van der Waals surface area contributed by atoms with E-state index < -0.39 is 0 Å². The average molecular weight is 212 g/mol. The van der Waals surface area contributed by atoms with Crippen molar-refractivity contribution in [3.05, 3.63) is 0 Å². The first-order chi connectivity index (χ1) is 6.99. The molecule has 1 rings (SSSR count). The van der Waals surface area contributed by atoms with Gasteiger partial charge in [0.05, 0.1) is 0 Å². The molecule has 1 aliphatic heterocycles. The number of nitrogens with two attached hydrogens (primary N) is 1. The van der Waals surface area contributed by atoms with Gasteiger partial charge >= 0.3 is 0 Å². The normalized spacial score (nSPS) is 30.8. The molecule has 1 saturated heterocycles. The third-order valence-corrected chi connectivity index (χ3v) is 3.58. The Morgan fingerprint density at radius 2 is 1.73 bits per heavy atom. The van der Waals surface area contributed by atoms with Crippen molar-refractivity contribution >= 4 is 0 Å². The van der Waals surface area contributed by atoms with Crippen LogP contribution in [-0.2, 0) is 0 Å². The second-order valence-corrected chi connectivity index (χ2v) is 5.90. The van der Waals surface area contributed by atoms with Crippen LogP contribution in [0.2, 0.25) is 0 Å². The maximum atomic E-state index is 6.08. The highest BCUT2D eigenvalue weighted by Crippen LogP contribution is 2.21. The van der Waals surface area contributed by atoms with E-state index in [9.17, 15) is 0 Å². The molecule has 15 heavy (non-hydrogen) atoms. The molecular weight excluding hydrogens is 184 g/mol. The lowest BCUT2D eigenvalue weighted by Gasteiger charge is -2.35. The number of rotatable bonds is 4. The van der Waals surface area contributed by atoms with Crippen LogP contribution >= 0.6 is 0 Å². The Bertz CT molecular complexity index is 169. The lowest BCUT2D eigenvalue weighted by atomic mass is 9.91. The largest absolute Gasteiger partial charge is 0.327 e. The highest BCUT2D eigenvalue weighted by atomic mass is 15.1. The topological polar surface area (TPSA) is 29.3 Å². The molecule has 3 unspecified atom stereocenters. The first-order valence-electron chi connectivity index (χ1n) is 6.47. The van der Waals surface area contributed by atoms with Crippen LogP contribution in [0.1, 0.15) is 40.5 Å². The lowest BCUT2D eigenvalue weighted by Crippen LogP contribution is -2.41. The molecule has 0 radical (unpaired) electrons. The summed E-state index contributed by atoms with van der Waals surface area (Å²) in [5.41, 5.74) is 6.08. The zero-order valence-corrected chi connectivity index (χ0v) is 10.9. The zero-order chi connectivity index (χ0) is 11.4. The Morgan fingerprint density at radius 1 is 1.20 bits per heavy atom. The minimum absolute atomic E-state index is 0.373. The number of hydrogen-bond donors (Lipinski definition) is 1. The predicted octanol–water partition coefficient (Wildman–Crippen LogP) is 2.34. The Labute approximate surface area is 95.2 Å². The Balaban J connectivity index is 2.26. The third-order valence-electron chi connectivity index (χ3n) is 3.58. The van der Waals surface area contributed by atoms with Crippen molar-refractivity contribution in [1.29, 1.82) is 0 Å². The summed E-state index contributed by atoms with van der Waals surface area (Å²) in [6.45, 7) is 12.9. The highest BCUT2D eigenvalue weighted by molar-refractivity contribution is 4.76. The van der Waals surface area contributed by atoms with E-state index in [-0.39, 0.29) is 0 Å². The molecule has 3 atom stereocenters. The summed E-state index contributed by atoms with van der Waals surface area (Å²) in [4.78, 5) is 2.60. The van der Waals surface area contributed by atoms with Crippen molar-refractivity contribution in [3.8, 4) is 0 Å². The van der Waals surface area contributed by atoms with Gasteiger partial charge in [-0.25, -0.2) is 0 Å². The highest BCUT2D eigenvalue weighted by Gasteiger charge is 2.21. The smallest absolute Gasteiger partial charge is 0.00740 e. The van der Waals surface area contributed by atoms with Crippen LogP contribution in [0, 0.1) is 17.8 Å². The number of piperidine rings is 1. The van der Waals surface area contributed by atoms with Gasteiger partial charge in [0, 0.05) is 19.1 Å². The van der Waals surface area contributed by atoms with Crippen LogP contribution < -0.4 is 5.73 Å². The molecule has 2 N–H and O–H groups in total. The molecule has 1 fully saturated rings. The SMILES string of the molecule is CC1CC(C)CN(CCC(N)C(C)C)C1. The number of nitrogens with zero attached hydrogens (tertiary/aromatic N) is 1. The van der Waals surface area contributed by atoms with Crippen molar-refractivity contribution in [2.24, 2.45) is 23.5 Å². The fraction of sp³-hybridized carbons (Fsp3) is 1.00. The monoisotopic (exact) mass is 212 g/mol. The Kier molecular flexibility index (Phi) is 5.07. The quantitative estimate of drug-likeness (QED) is 0.775. The summed E-state index contributed by atoms with van der Waals surface area (Å²) in [6.07, 6.45) is 2.55. The molecule has 2 nitrogen and oxygen atoms in total. The molecule has 1 heterocycles. The van der Waals surface area contributed by atoms with Gasteiger partial charge in [-0.05, 0) is 37.1 Å². The van der Waals surface area contributed by atoms with Gasteiger partial charge in [0.2, 0.25) is 0 Å². The first kappa shape index (κ1) is 13.0. The summed E-state index contributed by atoms with van der Waals surface area (Å²) < 4.78 is 0. The second kappa shape index (κ2) is 5.86. The standard InChI is InChI=1S/C13H28N2/c1-10(2)13(14)5-6-15-8-11(3)7-12(4)9-15/h10-13H,5-9,14H2,1-4H3. The molecule has 0 aliphatic carbocycles. The van der Waals surface area contributed by atoms with E-state index in [4.69, 9.17) is 5.73 Å². The van der Waals surface area contributed by atoms with Gasteiger partial charge in [-0.3, -0.25) is 0 Å². The van der Waals surface area contributed by atoms with E-state index >= 15 is 0 Å². The predicted molar refractivity (Wildman–Crippen MR) is 66.8 cm³/mol. The summed E-state index contributed by atoms with van der Waals surface area (Å²) in [7, 11) is 0. The van der Waals surface area contributed by atoms with E-state index in [1.807, 2.05) is 0 Å². The van der Waals surface area contributed by atoms with Crippen LogP contribution in [0.25, 0.3) is 0 Å². The van der Waals surface area contributed by atoms with Crippen molar-refractivity contribution < 1.29 is 0 Å². The Hall–Kier alpha value is -0.0800. The van der Waals surface area contributed by atoms with Crippen LogP contribution in [0.4, 0.5) is 0 Å². The van der Waals surface area contributed by atoms with E-state index in [2.05, 4.69) is 32.6 Å². The van der Waals surface area contributed by atoms with Crippen molar-refractivity contribution in [1.82, 2.24) is 4.90 Å². The molecule has 0 aromatic heterocycles. The molecular formula is C13H28N2. The van der Waals surface area contributed by atoms with Crippen molar-refractivity contribution in [2.45, 2.75) is 46.6 Å². The second-order valence-electron chi connectivity index (χ2n) is 5.90. The van der Waals surface area contributed by atoms with Crippen LogP contribution in [0.15, 0.2) is 0 Å². The molecule has 0 aromatic carbocycles. The third kappa shape index (κ3) is 4.52. The van der Waals surface area contributed by atoms with Gasteiger partial charge in [0.1, 0.15) is 0 Å². The summed E-state index contributed by atoms with van der Waals surface area (Å²) in [5, 5.41) is 0. The molecule has 0 saturated carbocycles. The van der Waals surface area contributed by atoms with Crippen LogP contribution in [0.3, 0.4) is 0 Å². The fourth-order valence-electron chi connectivity index (χ4n) is 2.64. The van der Waals surface area contributed by atoms with E-state index in [0.717, 1.165) is 18.3 Å². The average Bonchev–Trinajstić information content (AvgIpc) is 2.12. The van der Waals surface area contributed by atoms with Gasteiger partial charge in [-0.15, -0.1) is 0 Å². The van der Waals surface area contributed by atoms with Gasteiger partial charge in [-0.1, -0.05) is 27.7 Å². The summed E-state index contributed by atoms with van der Waals surface area (Å²) >= 11 is 0. The molecule has 90 valence electrons. The van der Waals surface area contributed by atoms with E-state index in [0.29, 0.717) is 12.0 Å². The first-order valence-corrected chi connectivity index (χ1v) is 6.47. The van der Waals surface area contributed by atoms with Crippen LogP contribution in [0.5, 0.6) is 0 Å². The van der Waals surface area contributed by atoms with Crippen molar-refractivity contribution in [2.75, 3.05) is 19.6 Å². The lowest BCUT2D eigenvalue weighted by molar-refractivity contribution is 0.135. The number of likely N-dealkylation sites (tertiary alicyclic amines) is 1. The minimum Gasteiger partial charge on any atom is -0.327 e. The maximum Gasteiger partial charge on any atom is 0.00740 e. The summed E-state index contributed by atoms with van der Waals surface area (Å²) in [6, 6.07) is 0.373. The number of hydrogen-bond acceptors (Lipinski definition) is 2. The van der Waals surface area contributed by atoms with Gasteiger partial charge in [0.15, 0.2) is 0 Å². The van der Waals surface area contributed by atoms with Gasteiger partial charge in [-0.2, -0.15) is 0 Å². The maximum absolute atomic E-state index is 6.08. The Morgan fingerprint density at radius 3 is 2.20 bits per heavy atom. The molecule has 2 heteroatoms. The molecule has 0 amide bonds. The molecule has 0 spiro atoms. The van der Waals surface area contributed by atoms with Crippen molar-refractivity contribution in [3.63, 3.8) is 0 Å². The molecule has 0 bridgehead atoms. The minimum atomic E-state index is 0.373. The zero-order valence-electron chi connectivity index (χ0n) is 10.9. The molecule has 0 aromatic rings. The molecule has 1 aliphatic rings. The van der Waals surface area contributed by atoms with Gasteiger partial charge in [0.25, 0.3) is 0 Å². The van der Waals surface area contributed by atoms with Crippen LogP contribution in [-0.4, -0.2) is 30.6 Å². The fourth-order valence-corrected chi connectivity index (χ4v) is 2.64. The van der Waals surface area contributed by atoms with E-state index in [1.165, 1.54) is 26.1 Å².